The number of hydrogen-bond donors (Lipinski definition) is 1. The van der Waals surface area contributed by atoms with E-state index in [1.165, 1.54) is 0 Å². The number of para-hydroxylation sites is 1. The molecular formula is C31H43F2N5O5. The van der Waals surface area contributed by atoms with Gasteiger partial charge in [-0.25, -0.2) is 8.78 Å². The van der Waals surface area contributed by atoms with Crippen LogP contribution in [-0.2, 0) is 21.6 Å². The minimum absolute atomic E-state index is 0.0418. The Morgan fingerprint density at radius 1 is 1.14 bits per heavy atom. The highest BCUT2D eigenvalue weighted by Gasteiger charge is 2.52. The number of alkyl halides is 2. The number of piperazine rings is 1. The van der Waals surface area contributed by atoms with Crippen molar-refractivity contribution in [2.24, 2.45) is 5.92 Å². The first-order valence-corrected chi connectivity index (χ1v) is 14.8. The van der Waals surface area contributed by atoms with Crippen LogP contribution in [0, 0.1) is 5.92 Å². The van der Waals surface area contributed by atoms with E-state index in [-0.39, 0.29) is 35.7 Å². The topological polar surface area (TPSA) is 108 Å². The maximum Gasteiger partial charge on any atom is 0.267 e. The maximum absolute atomic E-state index is 14.7. The number of rotatable bonds is 9. The zero-order valence-corrected chi connectivity index (χ0v) is 25.9. The van der Waals surface area contributed by atoms with Crippen molar-refractivity contribution in [3.8, 4) is 5.75 Å². The monoisotopic (exact) mass is 603 g/mol. The molecular weight excluding hydrogens is 560 g/mol. The van der Waals surface area contributed by atoms with Gasteiger partial charge in [0.1, 0.15) is 35.9 Å². The molecule has 0 spiro atoms. The third kappa shape index (κ3) is 8.10. The second-order valence-corrected chi connectivity index (χ2v) is 13.0. The zero-order valence-electron chi connectivity index (χ0n) is 25.9. The molecule has 236 valence electrons. The fourth-order valence-electron chi connectivity index (χ4n) is 5.30. The van der Waals surface area contributed by atoms with Gasteiger partial charge in [-0.3, -0.25) is 14.4 Å². The lowest BCUT2D eigenvalue weighted by atomic mass is 9.93. The van der Waals surface area contributed by atoms with Crippen molar-refractivity contribution in [1.29, 1.82) is 0 Å². The molecule has 1 aromatic carbocycles. The number of benzene rings is 1. The molecule has 0 bridgehead atoms. The molecule has 12 heteroatoms. The number of likely N-dealkylation sites (N-methyl/N-ethyl adjacent to an activating group) is 1. The van der Waals surface area contributed by atoms with Gasteiger partial charge >= 0.3 is 0 Å². The van der Waals surface area contributed by atoms with Gasteiger partial charge in [0.15, 0.2) is 0 Å². The van der Waals surface area contributed by atoms with E-state index in [9.17, 15) is 23.2 Å². The van der Waals surface area contributed by atoms with Gasteiger partial charge in [-0.2, -0.15) is 0 Å². The quantitative estimate of drug-likeness (QED) is 0.466. The van der Waals surface area contributed by atoms with Crippen LogP contribution in [0.4, 0.5) is 8.78 Å². The highest BCUT2D eigenvalue weighted by molar-refractivity contribution is 6.00. The van der Waals surface area contributed by atoms with Gasteiger partial charge in [-0.15, -0.1) is 0 Å². The third-order valence-electron chi connectivity index (χ3n) is 7.77. The molecule has 3 heterocycles. The lowest BCUT2D eigenvalue weighted by molar-refractivity contribution is -0.146. The average Bonchev–Trinajstić information content (AvgIpc) is 3.55. The summed E-state index contributed by atoms with van der Waals surface area (Å²) in [6.45, 7) is 11.0. The molecule has 0 aliphatic carbocycles. The summed E-state index contributed by atoms with van der Waals surface area (Å²) in [5.74, 6) is -4.03. The van der Waals surface area contributed by atoms with E-state index in [1.54, 1.807) is 35.2 Å². The number of halogens is 2. The van der Waals surface area contributed by atoms with Crippen molar-refractivity contribution in [2.75, 3.05) is 39.8 Å². The normalized spacial score (nSPS) is 19.9. The molecule has 1 N–H and O–H groups in total. The third-order valence-corrected chi connectivity index (χ3v) is 7.77. The van der Waals surface area contributed by atoms with Gasteiger partial charge in [-0.05, 0) is 31.5 Å². The van der Waals surface area contributed by atoms with Gasteiger partial charge in [0.05, 0.1) is 12.1 Å². The van der Waals surface area contributed by atoms with Gasteiger partial charge in [0, 0.05) is 44.1 Å². The zero-order chi connectivity index (χ0) is 31.5. The van der Waals surface area contributed by atoms with Gasteiger partial charge in [0.2, 0.25) is 11.8 Å². The molecule has 2 atom stereocenters. The van der Waals surface area contributed by atoms with Crippen LogP contribution in [0.3, 0.4) is 0 Å². The summed E-state index contributed by atoms with van der Waals surface area (Å²) < 4.78 is 40.7. The molecule has 2 aromatic rings. The molecule has 0 unspecified atom stereocenters. The molecule has 2 fully saturated rings. The molecule has 2 aliphatic rings. The summed E-state index contributed by atoms with van der Waals surface area (Å²) in [4.78, 5) is 45.3. The Morgan fingerprint density at radius 2 is 1.81 bits per heavy atom. The number of nitrogens with one attached hydrogen (secondary N) is 1. The SMILES string of the molecule is CC(C)C[C@@H](NC(=O)c1ccccc1OCc1cc(C(C)(C)C)on1)C(=O)N1CC(F)(F)C[C@@H]1C(=O)N1CCN(C)CC1. The molecule has 3 amide bonds. The van der Waals surface area contributed by atoms with Crippen molar-refractivity contribution in [3.63, 3.8) is 0 Å². The summed E-state index contributed by atoms with van der Waals surface area (Å²) >= 11 is 0. The van der Waals surface area contributed by atoms with Crippen molar-refractivity contribution in [2.45, 2.75) is 77.5 Å². The Hall–Kier alpha value is -3.54. The van der Waals surface area contributed by atoms with Crippen LogP contribution in [-0.4, -0.2) is 95.4 Å². The van der Waals surface area contributed by atoms with Crippen molar-refractivity contribution < 1.29 is 32.4 Å². The summed E-state index contributed by atoms with van der Waals surface area (Å²) in [5.41, 5.74) is 0.508. The number of hydrogen-bond acceptors (Lipinski definition) is 7. The van der Waals surface area contributed by atoms with E-state index in [4.69, 9.17) is 9.26 Å². The number of carbonyl (C=O) groups is 3. The number of amides is 3. The Morgan fingerprint density at radius 3 is 2.44 bits per heavy atom. The molecule has 2 saturated heterocycles. The molecule has 2 aliphatic heterocycles. The Balaban J connectivity index is 1.50. The summed E-state index contributed by atoms with van der Waals surface area (Å²) in [5, 5.41) is 6.80. The van der Waals surface area contributed by atoms with Crippen LogP contribution in [0.5, 0.6) is 5.75 Å². The van der Waals surface area contributed by atoms with Crippen LogP contribution in [0.25, 0.3) is 0 Å². The summed E-state index contributed by atoms with van der Waals surface area (Å²) in [7, 11) is 1.93. The van der Waals surface area contributed by atoms with Crippen molar-refractivity contribution in [3.05, 3.63) is 47.3 Å². The largest absolute Gasteiger partial charge is 0.486 e. The number of aromatic nitrogens is 1. The first kappa shape index (κ1) is 32.4. The van der Waals surface area contributed by atoms with Crippen LogP contribution in [0.1, 0.15) is 69.3 Å². The van der Waals surface area contributed by atoms with Crippen molar-refractivity contribution in [1.82, 2.24) is 25.2 Å². The Kier molecular flexibility index (Phi) is 9.78. The van der Waals surface area contributed by atoms with E-state index in [0.29, 0.717) is 37.6 Å². The maximum atomic E-state index is 14.7. The fourth-order valence-corrected chi connectivity index (χ4v) is 5.30. The predicted octanol–water partition coefficient (Wildman–Crippen LogP) is 3.71. The van der Waals surface area contributed by atoms with E-state index in [0.717, 1.165) is 4.90 Å². The van der Waals surface area contributed by atoms with E-state index in [1.807, 2.05) is 41.7 Å². The Labute approximate surface area is 251 Å². The summed E-state index contributed by atoms with van der Waals surface area (Å²) in [6, 6.07) is 5.98. The average molecular weight is 604 g/mol. The van der Waals surface area contributed by atoms with Crippen LogP contribution in [0.2, 0.25) is 0 Å². The number of likely N-dealkylation sites (tertiary alicyclic amines) is 1. The van der Waals surface area contributed by atoms with Crippen molar-refractivity contribution >= 4 is 17.7 Å². The van der Waals surface area contributed by atoms with Gasteiger partial charge in [0.25, 0.3) is 11.8 Å². The molecule has 43 heavy (non-hydrogen) atoms. The van der Waals surface area contributed by atoms with Crippen LogP contribution < -0.4 is 10.1 Å². The highest BCUT2D eigenvalue weighted by Crippen LogP contribution is 2.34. The van der Waals surface area contributed by atoms with Gasteiger partial charge < -0.3 is 29.3 Å². The lowest BCUT2D eigenvalue weighted by Crippen LogP contribution is -2.56. The second-order valence-electron chi connectivity index (χ2n) is 13.0. The molecule has 0 saturated carbocycles. The first-order valence-electron chi connectivity index (χ1n) is 14.8. The minimum atomic E-state index is -3.20. The van der Waals surface area contributed by atoms with Crippen LogP contribution in [0.15, 0.2) is 34.9 Å². The number of ether oxygens (including phenoxy) is 1. The molecule has 10 nitrogen and oxygen atoms in total. The molecule has 1 aromatic heterocycles. The van der Waals surface area contributed by atoms with Crippen LogP contribution >= 0.6 is 0 Å². The Bertz CT molecular complexity index is 1300. The minimum Gasteiger partial charge on any atom is -0.486 e. The lowest BCUT2D eigenvalue weighted by Gasteiger charge is -2.36. The summed E-state index contributed by atoms with van der Waals surface area (Å²) in [6.07, 6.45) is -0.526. The standard InChI is InChI=1S/C31H43F2N5O5/c1-20(2)15-23(28(40)38-19-31(32,33)17-24(38)29(41)37-13-11-36(6)12-14-37)34-27(39)22-9-7-8-10-25(22)42-18-21-16-26(43-35-21)30(3,4)5/h7-10,16,20,23-24H,11-15,17-19H2,1-6H3,(H,34,39)/t23-,24-/m1/s1. The van der Waals surface area contributed by atoms with E-state index < -0.39 is 48.7 Å². The fraction of sp³-hybridized carbons (Fsp3) is 0.613. The van der Waals surface area contributed by atoms with E-state index >= 15 is 0 Å². The first-order chi connectivity index (χ1) is 20.1. The molecule has 0 radical (unpaired) electrons. The van der Waals surface area contributed by atoms with E-state index in [2.05, 4.69) is 15.4 Å². The molecule has 4 rings (SSSR count). The number of carbonyl (C=O) groups excluding carboxylic acids is 3. The predicted molar refractivity (Wildman–Crippen MR) is 156 cm³/mol. The van der Waals surface area contributed by atoms with Gasteiger partial charge in [-0.1, -0.05) is 51.9 Å². The smallest absolute Gasteiger partial charge is 0.267 e. The highest BCUT2D eigenvalue weighted by atomic mass is 19.3. The number of nitrogens with zero attached hydrogens (tertiary/aromatic N) is 4. The second kappa shape index (κ2) is 13.0.